The van der Waals surface area contributed by atoms with Gasteiger partial charge >= 0.3 is 0 Å². The average Bonchev–Trinajstić information content (AvgIpc) is 3.17. The number of rotatable bonds is 6. The fourth-order valence-corrected chi connectivity index (χ4v) is 4.88. The molecule has 8 nitrogen and oxygen atoms in total. The molecular weight excluding hydrogens is 430 g/mol. The van der Waals surface area contributed by atoms with Crippen LogP contribution in [0.15, 0.2) is 24.3 Å². The summed E-state index contributed by atoms with van der Waals surface area (Å²) in [6.07, 6.45) is 9.05. The third kappa shape index (κ3) is 4.27. The van der Waals surface area contributed by atoms with Gasteiger partial charge in [0.05, 0.1) is 29.4 Å². The molecule has 2 atom stereocenters. The van der Waals surface area contributed by atoms with Crippen LogP contribution in [-0.4, -0.2) is 64.2 Å². The van der Waals surface area contributed by atoms with E-state index in [0.29, 0.717) is 22.7 Å². The molecule has 0 radical (unpaired) electrons. The van der Waals surface area contributed by atoms with Gasteiger partial charge < -0.3 is 20.2 Å². The number of carbonyl (C=O) groups excluding carboxylic acids is 1. The quantitative estimate of drug-likeness (QED) is 0.690. The van der Waals surface area contributed by atoms with Gasteiger partial charge in [-0.25, -0.2) is 4.98 Å². The summed E-state index contributed by atoms with van der Waals surface area (Å²) >= 11 is 6.56. The molecular formula is C23H28ClN5O3. The lowest BCUT2D eigenvalue weighted by Gasteiger charge is -2.37. The molecule has 2 unspecified atom stereocenters. The van der Waals surface area contributed by atoms with E-state index in [9.17, 15) is 4.79 Å². The number of allylic oxidation sites excluding steroid dienone is 2. The predicted molar refractivity (Wildman–Crippen MR) is 122 cm³/mol. The van der Waals surface area contributed by atoms with Crippen LogP contribution >= 0.6 is 11.6 Å². The Morgan fingerprint density at radius 2 is 2.12 bits per heavy atom. The molecule has 3 N–H and O–H groups in total. The Kier molecular flexibility index (Phi) is 5.92. The highest BCUT2D eigenvalue weighted by molar-refractivity contribution is 6.32. The molecule has 9 heteroatoms. The maximum Gasteiger partial charge on any atom is 0.296 e. The third-order valence-corrected chi connectivity index (χ3v) is 7.12. The van der Waals surface area contributed by atoms with E-state index >= 15 is 0 Å². The largest absolute Gasteiger partial charge is 0.461 e. The number of primary amides is 1. The van der Waals surface area contributed by atoms with Crippen LogP contribution < -0.4 is 10.5 Å². The van der Waals surface area contributed by atoms with Gasteiger partial charge in [-0.05, 0) is 36.8 Å². The molecule has 0 bridgehead atoms. The molecule has 1 saturated heterocycles. The first-order chi connectivity index (χ1) is 15.5. The topological polar surface area (TPSA) is 106 Å². The number of nitrogens with one attached hydrogen (secondary N) is 1. The Morgan fingerprint density at radius 3 is 2.81 bits per heavy atom. The number of hydrogen-bond acceptors (Lipinski definition) is 6. The van der Waals surface area contributed by atoms with E-state index in [1.54, 1.807) is 0 Å². The highest BCUT2D eigenvalue weighted by Crippen LogP contribution is 2.36. The molecule has 2 aromatic heterocycles. The number of halogens is 1. The molecule has 32 heavy (non-hydrogen) atoms. The number of H-pyrrole nitrogens is 1. The Labute approximate surface area is 191 Å². The molecule has 3 aliphatic rings. The zero-order chi connectivity index (χ0) is 22.2. The lowest BCUT2D eigenvalue weighted by Crippen LogP contribution is -2.42. The normalized spacial score (nSPS) is 27.1. The standard InChI is InChI=1S/C23H28ClN5O3/c1-13(21(25)30)15-10-17(11-15)32-23-26-19-12-18(24)20(27-22(19)28-23)14-2-4-16(5-3-14)29-6-8-31-9-7-29/h2-4,12-13,15-17H,5-11H2,1H3,(H2,25,30)(H,26,27,28). The number of pyridine rings is 1. The van der Waals surface area contributed by atoms with Crippen molar-refractivity contribution in [3.8, 4) is 6.01 Å². The highest BCUT2D eigenvalue weighted by Gasteiger charge is 2.37. The van der Waals surface area contributed by atoms with Gasteiger partial charge in [0.2, 0.25) is 5.91 Å². The molecule has 0 aromatic carbocycles. The molecule has 1 aliphatic heterocycles. The van der Waals surface area contributed by atoms with E-state index in [2.05, 4.69) is 33.1 Å². The molecule has 0 spiro atoms. The number of hydrogen-bond donors (Lipinski definition) is 2. The number of nitrogens with two attached hydrogens (primary N) is 1. The molecule has 170 valence electrons. The Balaban J connectivity index is 1.26. The Bertz CT molecular complexity index is 1070. The number of carbonyl (C=O) groups is 1. The summed E-state index contributed by atoms with van der Waals surface area (Å²) < 4.78 is 11.4. The third-order valence-electron chi connectivity index (χ3n) is 6.84. The molecule has 5 rings (SSSR count). The molecule has 1 saturated carbocycles. The maximum atomic E-state index is 11.3. The van der Waals surface area contributed by atoms with Gasteiger partial charge in [-0.1, -0.05) is 36.8 Å². The number of amides is 1. The minimum Gasteiger partial charge on any atom is -0.461 e. The summed E-state index contributed by atoms with van der Waals surface area (Å²) in [5.41, 5.74) is 8.44. The van der Waals surface area contributed by atoms with Crippen LogP contribution in [0.5, 0.6) is 6.01 Å². The van der Waals surface area contributed by atoms with Gasteiger partial charge in [-0.3, -0.25) is 9.69 Å². The Morgan fingerprint density at radius 1 is 1.34 bits per heavy atom. The van der Waals surface area contributed by atoms with E-state index in [1.807, 2.05) is 13.0 Å². The number of aromatic amines is 1. The van der Waals surface area contributed by atoms with Crippen molar-refractivity contribution in [1.29, 1.82) is 0 Å². The van der Waals surface area contributed by atoms with Gasteiger partial charge in [0.15, 0.2) is 5.65 Å². The van der Waals surface area contributed by atoms with Crippen molar-refractivity contribution >= 4 is 34.2 Å². The van der Waals surface area contributed by atoms with Crippen molar-refractivity contribution in [3.63, 3.8) is 0 Å². The first-order valence-electron chi connectivity index (χ1n) is 11.2. The minimum atomic E-state index is -0.258. The molecule has 2 fully saturated rings. The number of nitrogens with zero attached hydrogens (tertiary/aromatic N) is 3. The number of aromatic nitrogens is 3. The van der Waals surface area contributed by atoms with E-state index in [-0.39, 0.29) is 23.8 Å². The van der Waals surface area contributed by atoms with Crippen molar-refractivity contribution in [2.75, 3.05) is 26.3 Å². The second-order valence-corrected chi connectivity index (χ2v) is 9.27. The fraction of sp³-hybridized carbons (Fsp3) is 0.522. The van der Waals surface area contributed by atoms with Gasteiger partial charge in [-0.15, -0.1) is 0 Å². The van der Waals surface area contributed by atoms with Gasteiger partial charge in [0, 0.05) is 25.0 Å². The number of ether oxygens (including phenoxy) is 2. The van der Waals surface area contributed by atoms with Gasteiger partial charge in [0.1, 0.15) is 6.10 Å². The Hall–Kier alpha value is -2.42. The van der Waals surface area contributed by atoms with Crippen molar-refractivity contribution in [1.82, 2.24) is 19.9 Å². The molecule has 1 amide bonds. The van der Waals surface area contributed by atoms with E-state index in [1.165, 1.54) is 0 Å². The summed E-state index contributed by atoms with van der Waals surface area (Å²) in [6.45, 7) is 5.38. The molecule has 2 aromatic rings. The summed E-state index contributed by atoms with van der Waals surface area (Å²) in [6, 6.07) is 2.66. The highest BCUT2D eigenvalue weighted by atomic mass is 35.5. The van der Waals surface area contributed by atoms with Gasteiger partial charge in [0.25, 0.3) is 6.01 Å². The maximum absolute atomic E-state index is 11.3. The van der Waals surface area contributed by atoms with E-state index in [0.717, 1.165) is 62.3 Å². The average molecular weight is 458 g/mol. The minimum absolute atomic E-state index is 0.0263. The molecule has 3 heterocycles. The summed E-state index contributed by atoms with van der Waals surface area (Å²) in [7, 11) is 0. The van der Waals surface area contributed by atoms with Crippen LogP contribution in [0.1, 0.15) is 31.9 Å². The first-order valence-corrected chi connectivity index (χ1v) is 11.6. The number of imidazole rings is 1. The first kappa shape index (κ1) is 21.4. The van der Waals surface area contributed by atoms with E-state index < -0.39 is 0 Å². The molecule has 2 aliphatic carbocycles. The van der Waals surface area contributed by atoms with E-state index in [4.69, 9.17) is 31.8 Å². The predicted octanol–water partition coefficient (Wildman–Crippen LogP) is 2.93. The lowest BCUT2D eigenvalue weighted by molar-refractivity contribution is -0.125. The summed E-state index contributed by atoms with van der Waals surface area (Å²) in [4.78, 5) is 26.1. The van der Waals surface area contributed by atoms with Crippen molar-refractivity contribution in [3.05, 3.63) is 35.0 Å². The fourth-order valence-electron chi connectivity index (χ4n) is 4.62. The van der Waals surface area contributed by atoms with Crippen LogP contribution in [0, 0.1) is 11.8 Å². The van der Waals surface area contributed by atoms with Crippen molar-refractivity contribution in [2.24, 2.45) is 17.6 Å². The zero-order valence-corrected chi connectivity index (χ0v) is 18.8. The number of morpholine rings is 1. The van der Waals surface area contributed by atoms with Crippen LogP contribution in [0.25, 0.3) is 16.7 Å². The van der Waals surface area contributed by atoms with Gasteiger partial charge in [-0.2, -0.15) is 4.98 Å². The van der Waals surface area contributed by atoms with Crippen LogP contribution in [-0.2, 0) is 9.53 Å². The second kappa shape index (κ2) is 8.84. The lowest BCUT2D eigenvalue weighted by atomic mass is 9.74. The second-order valence-electron chi connectivity index (χ2n) is 8.86. The van der Waals surface area contributed by atoms with Crippen molar-refractivity contribution < 1.29 is 14.3 Å². The SMILES string of the molecule is CC(C(N)=O)C1CC(Oc2nc3nc(C4=CCC(N5CCOCC5)C=C4)c(Cl)cc3[nH]2)C1. The monoisotopic (exact) mass is 457 g/mol. The van der Waals surface area contributed by atoms with Crippen molar-refractivity contribution in [2.45, 2.75) is 38.3 Å². The van der Waals surface area contributed by atoms with Crippen LogP contribution in [0.2, 0.25) is 5.02 Å². The van der Waals surface area contributed by atoms with Crippen LogP contribution in [0.3, 0.4) is 0 Å². The summed E-state index contributed by atoms with van der Waals surface area (Å²) in [5.74, 6) is -0.119. The van der Waals surface area contributed by atoms with Crippen LogP contribution in [0.4, 0.5) is 0 Å². The smallest absolute Gasteiger partial charge is 0.296 e. The number of fused-ring (bicyclic) bond motifs is 1. The summed E-state index contributed by atoms with van der Waals surface area (Å²) in [5, 5.41) is 0.576. The zero-order valence-electron chi connectivity index (χ0n) is 18.1.